The van der Waals surface area contributed by atoms with Gasteiger partial charge in [0, 0.05) is 42.4 Å². The number of ether oxygens (including phenoxy) is 2. The first kappa shape index (κ1) is 14.8. The number of rotatable bonds is 6. The SMILES string of the molecule is COCCCOc1cc(C2=NCCC2)c(Br)cc1Cl. The molecule has 0 unspecified atom stereocenters. The minimum Gasteiger partial charge on any atom is -0.492 e. The number of hydrogen-bond acceptors (Lipinski definition) is 3. The predicted molar refractivity (Wildman–Crippen MR) is 81.8 cm³/mol. The van der Waals surface area contributed by atoms with Crippen LogP contribution in [0.15, 0.2) is 21.6 Å². The van der Waals surface area contributed by atoms with Gasteiger partial charge < -0.3 is 9.47 Å². The third-order valence-electron chi connectivity index (χ3n) is 2.96. The molecule has 0 radical (unpaired) electrons. The van der Waals surface area contributed by atoms with E-state index in [0.29, 0.717) is 24.0 Å². The van der Waals surface area contributed by atoms with Crippen LogP contribution in [0.2, 0.25) is 5.02 Å². The zero-order valence-corrected chi connectivity index (χ0v) is 13.3. The summed E-state index contributed by atoms with van der Waals surface area (Å²) in [6.45, 7) is 2.20. The molecule has 104 valence electrons. The predicted octanol–water partition coefficient (Wildman–Crippen LogP) is 4.10. The van der Waals surface area contributed by atoms with E-state index in [1.165, 1.54) is 0 Å². The molecular weight excluding hydrogens is 330 g/mol. The first-order valence-corrected chi connectivity index (χ1v) is 7.54. The van der Waals surface area contributed by atoms with E-state index in [0.717, 1.165) is 41.6 Å². The highest BCUT2D eigenvalue weighted by molar-refractivity contribution is 9.10. The number of benzene rings is 1. The van der Waals surface area contributed by atoms with Gasteiger partial charge in [0.25, 0.3) is 0 Å². The summed E-state index contributed by atoms with van der Waals surface area (Å²) in [4.78, 5) is 4.52. The van der Waals surface area contributed by atoms with Gasteiger partial charge in [-0.3, -0.25) is 4.99 Å². The molecule has 0 bridgehead atoms. The number of halogens is 2. The average Bonchev–Trinajstić information content (AvgIpc) is 2.90. The Hall–Kier alpha value is -0.580. The Morgan fingerprint density at radius 2 is 2.21 bits per heavy atom. The lowest BCUT2D eigenvalue weighted by Gasteiger charge is -2.12. The lowest BCUT2D eigenvalue weighted by molar-refractivity contribution is 0.172. The van der Waals surface area contributed by atoms with Crippen LogP contribution >= 0.6 is 27.5 Å². The van der Waals surface area contributed by atoms with E-state index in [-0.39, 0.29) is 0 Å². The molecule has 3 nitrogen and oxygen atoms in total. The highest BCUT2D eigenvalue weighted by atomic mass is 79.9. The largest absolute Gasteiger partial charge is 0.492 e. The monoisotopic (exact) mass is 345 g/mol. The molecule has 0 fully saturated rings. The third-order valence-corrected chi connectivity index (χ3v) is 3.91. The lowest BCUT2D eigenvalue weighted by Crippen LogP contribution is -2.04. The van der Waals surface area contributed by atoms with Crippen LogP contribution < -0.4 is 4.74 Å². The highest BCUT2D eigenvalue weighted by Gasteiger charge is 2.15. The van der Waals surface area contributed by atoms with Crippen molar-refractivity contribution in [3.8, 4) is 5.75 Å². The van der Waals surface area contributed by atoms with Crippen molar-refractivity contribution >= 4 is 33.2 Å². The van der Waals surface area contributed by atoms with Gasteiger partial charge in [0.05, 0.1) is 11.6 Å². The van der Waals surface area contributed by atoms with Gasteiger partial charge in [-0.2, -0.15) is 0 Å². The Morgan fingerprint density at radius 1 is 1.37 bits per heavy atom. The smallest absolute Gasteiger partial charge is 0.138 e. The Morgan fingerprint density at radius 3 is 2.89 bits per heavy atom. The Kier molecular flexibility index (Phi) is 5.67. The van der Waals surface area contributed by atoms with Crippen molar-refractivity contribution in [1.82, 2.24) is 0 Å². The maximum absolute atomic E-state index is 6.19. The van der Waals surface area contributed by atoms with Crippen LogP contribution in [0, 0.1) is 0 Å². The van der Waals surface area contributed by atoms with Crippen LogP contribution in [0.5, 0.6) is 5.75 Å². The molecule has 0 N–H and O–H groups in total. The first-order valence-electron chi connectivity index (χ1n) is 6.37. The van der Waals surface area contributed by atoms with Crippen molar-refractivity contribution < 1.29 is 9.47 Å². The summed E-state index contributed by atoms with van der Waals surface area (Å²) in [5, 5.41) is 0.617. The van der Waals surface area contributed by atoms with Crippen molar-refractivity contribution in [1.29, 1.82) is 0 Å². The van der Waals surface area contributed by atoms with Crippen molar-refractivity contribution in [3.63, 3.8) is 0 Å². The summed E-state index contributed by atoms with van der Waals surface area (Å²) < 4.78 is 11.7. The van der Waals surface area contributed by atoms with Crippen molar-refractivity contribution in [2.45, 2.75) is 19.3 Å². The van der Waals surface area contributed by atoms with Crippen LogP contribution in [-0.2, 0) is 4.74 Å². The molecule has 0 amide bonds. The molecule has 1 heterocycles. The number of nitrogens with zero attached hydrogens (tertiary/aromatic N) is 1. The molecule has 0 saturated carbocycles. The molecule has 19 heavy (non-hydrogen) atoms. The summed E-state index contributed by atoms with van der Waals surface area (Å²) in [6, 6.07) is 3.85. The van der Waals surface area contributed by atoms with Gasteiger partial charge in [-0.25, -0.2) is 0 Å². The molecule has 2 rings (SSSR count). The molecule has 0 saturated heterocycles. The van der Waals surface area contributed by atoms with Gasteiger partial charge in [-0.1, -0.05) is 27.5 Å². The van der Waals surface area contributed by atoms with Crippen LogP contribution in [0.4, 0.5) is 0 Å². The minimum atomic E-state index is 0.598. The van der Waals surface area contributed by atoms with Crippen molar-refractivity contribution in [2.75, 3.05) is 26.9 Å². The molecule has 1 aromatic rings. The highest BCUT2D eigenvalue weighted by Crippen LogP contribution is 2.33. The second kappa shape index (κ2) is 7.27. The zero-order valence-electron chi connectivity index (χ0n) is 10.9. The van der Waals surface area contributed by atoms with Crippen molar-refractivity contribution in [3.05, 3.63) is 27.2 Å². The van der Waals surface area contributed by atoms with Gasteiger partial charge in [-0.05, 0) is 25.0 Å². The summed E-state index contributed by atoms with van der Waals surface area (Å²) in [5.74, 6) is 0.713. The van der Waals surface area contributed by atoms with E-state index in [4.69, 9.17) is 21.1 Å². The maximum atomic E-state index is 6.19. The van der Waals surface area contributed by atoms with Gasteiger partial charge >= 0.3 is 0 Å². The van der Waals surface area contributed by atoms with Crippen LogP contribution in [-0.4, -0.2) is 32.6 Å². The molecule has 1 aliphatic rings. The number of hydrogen-bond donors (Lipinski definition) is 0. The van der Waals surface area contributed by atoms with Crippen LogP contribution in [0.3, 0.4) is 0 Å². The Balaban J connectivity index is 2.12. The standard InChI is InChI=1S/C14H17BrClNO2/c1-18-6-3-7-19-14-8-10(11(15)9-12(14)16)13-4-2-5-17-13/h8-9H,2-7H2,1H3. The summed E-state index contributed by atoms with van der Waals surface area (Å²) in [5.41, 5.74) is 2.22. The first-order chi connectivity index (χ1) is 9.22. The fourth-order valence-electron chi connectivity index (χ4n) is 2.01. The second-order valence-corrected chi connectivity index (χ2v) is 5.65. The molecule has 1 aromatic carbocycles. The molecule has 1 aliphatic heterocycles. The van der Waals surface area contributed by atoms with Gasteiger partial charge in [0.2, 0.25) is 0 Å². The Labute approximate surface area is 127 Å². The van der Waals surface area contributed by atoms with E-state index in [2.05, 4.69) is 20.9 Å². The van der Waals surface area contributed by atoms with E-state index in [1.807, 2.05) is 12.1 Å². The van der Waals surface area contributed by atoms with E-state index < -0.39 is 0 Å². The normalized spacial score (nSPS) is 14.6. The molecule has 0 aliphatic carbocycles. The second-order valence-electron chi connectivity index (χ2n) is 4.39. The number of aliphatic imine (C=N–C) groups is 1. The molecule has 0 spiro atoms. The minimum absolute atomic E-state index is 0.598. The fourth-order valence-corrected chi connectivity index (χ4v) is 2.93. The van der Waals surface area contributed by atoms with Crippen LogP contribution in [0.25, 0.3) is 0 Å². The van der Waals surface area contributed by atoms with E-state index in [1.54, 1.807) is 7.11 Å². The van der Waals surface area contributed by atoms with Gasteiger partial charge in [-0.15, -0.1) is 0 Å². The van der Waals surface area contributed by atoms with Gasteiger partial charge in [0.1, 0.15) is 5.75 Å². The lowest BCUT2D eigenvalue weighted by atomic mass is 10.1. The molecule has 0 aromatic heterocycles. The molecular formula is C14H17BrClNO2. The van der Waals surface area contributed by atoms with Crippen LogP contribution in [0.1, 0.15) is 24.8 Å². The fraction of sp³-hybridized carbons (Fsp3) is 0.500. The molecule has 0 atom stereocenters. The average molecular weight is 347 g/mol. The number of methoxy groups -OCH3 is 1. The van der Waals surface area contributed by atoms with E-state index >= 15 is 0 Å². The summed E-state index contributed by atoms with van der Waals surface area (Å²) in [6.07, 6.45) is 2.98. The Bertz CT molecular complexity index is 477. The van der Waals surface area contributed by atoms with Gasteiger partial charge in [0.15, 0.2) is 0 Å². The third kappa shape index (κ3) is 3.94. The summed E-state index contributed by atoms with van der Waals surface area (Å²) in [7, 11) is 1.68. The zero-order chi connectivity index (χ0) is 13.7. The molecule has 5 heteroatoms. The van der Waals surface area contributed by atoms with E-state index in [9.17, 15) is 0 Å². The maximum Gasteiger partial charge on any atom is 0.138 e. The summed E-state index contributed by atoms with van der Waals surface area (Å²) >= 11 is 9.74. The quantitative estimate of drug-likeness (QED) is 0.726. The topological polar surface area (TPSA) is 30.8 Å². The van der Waals surface area contributed by atoms with Crippen molar-refractivity contribution in [2.24, 2.45) is 4.99 Å².